The van der Waals surface area contributed by atoms with Crippen molar-refractivity contribution < 1.29 is 23.4 Å². The lowest BCUT2D eigenvalue weighted by atomic mass is 9.57. The lowest BCUT2D eigenvalue weighted by Gasteiger charge is -2.53. The van der Waals surface area contributed by atoms with Gasteiger partial charge in [-0.2, -0.15) is 0 Å². The molecule has 0 aliphatic carbocycles. The number of benzene rings is 2. The first-order valence-electron chi connectivity index (χ1n) is 28.1. The molecule has 0 aromatic heterocycles. The Morgan fingerprint density at radius 2 is 1.26 bits per heavy atom. The molecule has 0 saturated heterocycles. The van der Waals surface area contributed by atoms with Crippen LogP contribution < -0.4 is 5.30 Å². The van der Waals surface area contributed by atoms with Crippen molar-refractivity contribution in [2.24, 2.45) is 33.0 Å². The second-order valence-corrected chi connectivity index (χ2v) is 30.8. The summed E-state index contributed by atoms with van der Waals surface area (Å²) in [7, 11) is -2.94. The Hall–Kier alpha value is -3.57. The summed E-state index contributed by atoms with van der Waals surface area (Å²) in [5.41, 5.74) is 4.89. The van der Waals surface area contributed by atoms with Gasteiger partial charge in [0.25, 0.3) is 0 Å². The van der Waals surface area contributed by atoms with E-state index in [2.05, 4.69) is 199 Å². The minimum atomic E-state index is -2.94. The highest BCUT2D eigenvalue weighted by Crippen LogP contribution is 2.55. The lowest BCUT2D eigenvalue weighted by molar-refractivity contribution is -0.131. The van der Waals surface area contributed by atoms with Gasteiger partial charge in [-0.3, -0.25) is 0 Å². The molecule has 0 spiro atoms. The van der Waals surface area contributed by atoms with Crippen molar-refractivity contribution >= 4 is 30.8 Å². The van der Waals surface area contributed by atoms with Crippen LogP contribution in [0.15, 0.2) is 134 Å². The Bertz CT molecular complexity index is 2260. The molecule has 0 saturated carbocycles. The number of rotatable bonds is 30. The second kappa shape index (κ2) is 31.9. The van der Waals surface area contributed by atoms with Crippen molar-refractivity contribution in [3.63, 3.8) is 0 Å². The minimum absolute atomic E-state index is 0.0147. The van der Waals surface area contributed by atoms with E-state index in [1.807, 2.05) is 39.6 Å². The number of carbonyl (C=O) groups excluding carboxylic acids is 1. The zero-order valence-corrected chi connectivity index (χ0v) is 55.0. The highest BCUT2D eigenvalue weighted by atomic mass is 32.2. The molecule has 0 amide bonds. The molecule has 7 heteroatoms. The van der Waals surface area contributed by atoms with Crippen LogP contribution in [-0.4, -0.2) is 40.2 Å². The first-order chi connectivity index (χ1) is 34.6. The second-order valence-electron chi connectivity index (χ2n) is 26.3. The van der Waals surface area contributed by atoms with Crippen molar-refractivity contribution in [2.45, 2.75) is 226 Å². The van der Waals surface area contributed by atoms with Crippen LogP contribution in [-0.2, 0) is 24.7 Å². The van der Waals surface area contributed by atoms with Gasteiger partial charge >= 0.3 is 0 Å². The Labute approximate surface area is 474 Å². The van der Waals surface area contributed by atoms with E-state index < -0.39 is 18.3 Å². The van der Waals surface area contributed by atoms with Crippen LogP contribution >= 0.6 is 19.2 Å². The molecule has 76 heavy (non-hydrogen) atoms. The smallest absolute Gasteiger partial charge is 0.152 e. The third kappa shape index (κ3) is 25.5. The molecule has 2 rings (SSSR count). The number of aliphatic hydroxyl groups is 1. The van der Waals surface area contributed by atoms with Crippen LogP contribution in [0.1, 0.15) is 209 Å². The molecular formula is C69H115O5PS. The largest absolute Gasteiger partial charge is 0.513 e. The van der Waals surface area contributed by atoms with Crippen molar-refractivity contribution in [1.29, 1.82) is 0 Å². The van der Waals surface area contributed by atoms with Gasteiger partial charge in [0.15, 0.2) is 6.29 Å². The van der Waals surface area contributed by atoms with Crippen LogP contribution in [0.5, 0.6) is 0 Å². The quantitative estimate of drug-likeness (QED) is 0.0210. The number of allylic oxidation sites excluding steroid dienone is 8. The molecule has 5 nitrogen and oxygen atoms in total. The van der Waals surface area contributed by atoms with Gasteiger partial charge in [-0.05, 0) is 164 Å². The molecular weight excluding hydrogens is 972 g/mol. The van der Waals surface area contributed by atoms with E-state index >= 15 is 4.57 Å². The first kappa shape index (κ1) is 74.5. The molecule has 2 aromatic carbocycles. The predicted octanol–water partition coefficient (Wildman–Crippen LogP) is 21.7. The SMILES string of the molecule is C=C(C)O.C=CC.C=CC(=C)CC(C)(C)C(C)(C)C(C)(C)OC(=C)C(C)(C)CC(C)(C)CC(C)(C)CC(=CCC)C(CC(=C)CC(C)(C)SOC(C)(C)C=O)CP(C)(=O)c1ccccc1-c1ccccc1CCC.CC. The number of hydrogen-bond acceptors (Lipinski definition) is 6. The van der Waals surface area contributed by atoms with Crippen LogP contribution in [0.4, 0.5) is 0 Å². The zero-order chi connectivity index (χ0) is 60.0. The lowest BCUT2D eigenvalue weighted by Crippen LogP contribution is -2.51. The highest BCUT2D eigenvalue weighted by Gasteiger charge is 2.51. The summed E-state index contributed by atoms with van der Waals surface area (Å²) in [4.78, 5) is 11.7. The monoisotopic (exact) mass is 1090 g/mol. The van der Waals surface area contributed by atoms with Crippen molar-refractivity contribution in [1.82, 2.24) is 0 Å². The van der Waals surface area contributed by atoms with Crippen LogP contribution in [0.25, 0.3) is 11.1 Å². The summed E-state index contributed by atoms with van der Waals surface area (Å²) in [6, 6.07) is 17.0. The molecule has 0 heterocycles. The number of hydrogen-bond donors (Lipinski definition) is 1. The summed E-state index contributed by atoms with van der Waals surface area (Å²) in [5, 5.41) is 8.81. The fourth-order valence-corrected chi connectivity index (χ4v) is 13.9. The molecule has 2 atom stereocenters. The van der Waals surface area contributed by atoms with Crippen LogP contribution in [0.2, 0.25) is 0 Å². The molecule has 0 aliphatic rings. The standard InChI is InChI=1S/C61H97O4PS.C3H6O.C3H6.C2H6/c1-24-31-48-33-27-28-34-51(48)52-35-29-30-36-53(52)66(23,63)41-50(37-46(5)39-59(17,18)67-65-58(15,16)44-62)49(32-25-2)40-54(7,8)42-55(9,10)43-56(11,12)47(6)64-61(21,22)60(19,20)57(13,14)38-45(4)26-3;1-3(2)4;1-3-2;1-2/h26-30,32-36,44,50H,3-6,24-25,31,37-43H2,1-2,7-23H3;4H,1H2,2H3;3H,1H2,2H3;1-2H3. The van der Waals surface area contributed by atoms with E-state index in [9.17, 15) is 4.79 Å². The fourth-order valence-electron chi connectivity index (χ4n) is 10.7. The number of carbonyl (C=O) groups is 1. The number of aliphatic hydroxyl groups excluding tert-OH is 1. The summed E-state index contributed by atoms with van der Waals surface area (Å²) in [5.74, 6) is 0.998. The van der Waals surface area contributed by atoms with Crippen molar-refractivity contribution in [2.75, 3.05) is 12.8 Å². The van der Waals surface area contributed by atoms with E-state index in [-0.39, 0.29) is 43.5 Å². The Kier molecular flexibility index (Phi) is 31.2. The molecule has 0 bridgehead atoms. The number of ether oxygens (including phenoxy) is 1. The van der Waals surface area contributed by atoms with Gasteiger partial charge in [-0.1, -0.05) is 220 Å². The summed E-state index contributed by atoms with van der Waals surface area (Å²) in [6.45, 7) is 73.5. The minimum Gasteiger partial charge on any atom is -0.513 e. The average molecular weight is 1090 g/mol. The topological polar surface area (TPSA) is 72.8 Å². The maximum Gasteiger partial charge on any atom is 0.152 e. The van der Waals surface area contributed by atoms with Gasteiger partial charge in [0.2, 0.25) is 0 Å². The van der Waals surface area contributed by atoms with E-state index in [1.54, 1.807) is 19.9 Å². The summed E-state index contributed by atoms with van der Waals surface area (Å²) in [6.07, 6.45) is 15.3. The van der Waals surface area contributed by atoms with Gasteiger partial charge in [-0.15, -0.1) is 6.58 Å². The molecule has 432 valence electrons. The van der Waals surface area contributed by atoms with Crippen molar-refractivity contribution in [3.8, 4) is 11.1 Å². The highest BCUT2D eigenvalue weighted by molar-refractivity contribution is 7.96. The van der Waals surface area contributed by atoms with E-state index in [4.69, 9.17) is 14.0 Å². The average Bonchev–Trinajstić information content (AvgIpc) is 3.27. The van der Waals surface area contributed by atoms with E-state index in [0.29, 0.717) is 19.0 Å². The van der Waals surface area contributed by atoms with E-state index in [1.165, 1.54) is 35.7 Å². The number of aryl methyl sites for hydroxylation is 1. The Morgan fingerprint density at radius 1 is 0.763 bits per heavy atom. The molecule has 0 aliphatic heterocycles. The van der Waals surface area contributed by atoms with Gasteiger partial charge in [0.05, 0.1) is 11.5 Å². The number of aldehydes is 1. The molecule has 2 aromatic rings. The maximum absolute atomic E-state index is 15.7. The van der Waals surface area contributed by atoms with E-state index in [0.717, 1.165) is 79.0 Å². The maximum atomic E-state index is 15.7. The third-order valence-electron chi connectivity index (χ3n) is 14.6. The van der Waals surface area contributed by atoms with Crippen LogP contribution in [0, 0.1) is 33.0 Å². The van der Waals surface area contributed by atoms with Crippen LogP contribution in [0.3, 0.4) is 0 Å². The first-order valence-corrected chi connectivity index (χ1v) is 31.2. The molecule has 0 radical (unpaired) electrons. The van der Waals surface area contributed by atoms with Gasteiger partial charge in [0.1, 0.15) is 18.3 Å². The summed E-state index contributed by atoms with van der Waals surface area (Å²) < 4.78 is 28.4. The Morgan fingerprint density at radius 3 is 1.75 bits per heavy atom. The summed E-state index contributed by atoms with van der Waals surface area (Å²) >= 11 is 1.35. The van der Waals surface area contributed by atoms with Gasteiger partial charge in [0, 0.05) is 27.0 Å². The van der Waals surface area contributed by atoms with Gasteiger partial charge in [-0.25, -0.2) is 0 Å². The normalized spacial score (nSPS) is 13.9. The molecule has 1 N–H and O–H groups in total. The molecule has 2 unspecified atom stereocenters. The van der Waals surface area contributed by atoms with Crippen molar-refractivity contribution in [3.05, 3.63) is 140 Å². The molecule has 0 fully saturated rings. The predicted molar refractivity (Wildman–Crippen MR) is 343 cm³/mol. The Balaban J connectivity index is 0. The zero-order valence-electron chi connectivity index (χ0n) is 53.3. The third-order valence-corrected chi connectivity index (χ3v) is 18.3. The van der Waals surface area contributed by atoms with Gasteiger partial charge < -0.3 is 23.4 Å². The fraction of sp³-hybridized carbons (Fsp3) is 0.609.